The van der Waals surface area contributed by atoms with Crippen LogP contribution < -0.4 is 11.1 Å². The van der Waals surface area contributed by atoms with Gasteiger partial charge in [0.05, 0.1) is 11.6 Å². The molecule has 13 heavy (non-hydrogen) atoms. The van der Waals surface area contributed by atoms with Crippen LogP contribution in [0.5, 0.6) is 0 Å². The van der Waals surface area contributed by atoms with Crippen molar-refractivity contribution in [3.05, 3.63) is 0 Å². The quantitative estimate of drug-likeness (QED) is 0.570. The van der Waals surface area contributed by atoms with Gasteiger partial charge in [-0.15, -0.1) is 0 Å². The summed E-state index contributed by atoms with van der Waals surface area (Å²) in [6.45, 7) is 3.54. The van der Waals surface area contributed by atoms with Gasteiger partial charge in [-0.25, -0.2) is 0 Å². The molecule has 0 aliphatic carbocycles. The van der Waals surface area contributed by atoms with Crippen LogP contribution in [0.15, 0.2) is 0 Å². The van der Waals surface area contributed by atoms with Gasteiger partial charge in [-0.05, 0) is 20.1 Å². The molecule has 78 valence electrons. The average molecular weight is 206 g/mol. The Hall–Kier alpha value is -0.260. The van der Waals surface area contributed by atoms with Crippen molar-refractivity contribution in [2.24, 2.45) is 5.73 Å². The van der Waals surface area contributed by atoms with E-state index in [9.17, 15) is 9.90 Å². The second-order valence-electron chi connectivity index (χ2n) is 3.44. The van der Waals surface area contributed by atoms with Crippen LogP contribution in [0.2, 0.25) is 0 Å². The van der Waals surface area contributed by atoms with Gasteiger partial charge >= 0.3 is 0 Å². The summed E-state index contributed by atoms with van der Waals surface area (Å²) in [6.07, 6.45) is 1.90. The Balaban J connectivity index is 3.80. The summed E-state index contributed by atoms with van der Waals surface area (Å²) in [6, 6.07) is -0.523. The number of aliphatic hydroxyl groups is 1. The van der Waals surface area contributed by atoms with Crippen molar-refractivity contribution >= 4 is 17.7 Å². The molecule has 5 heteroatoms. The molecule has 0 radical (unpaired) electrons. The summed E-state index contributed by atoms with van der Waals surface area (Å²) >= 11 is 1.54. The highest BCUT2D eigenvalue weighted by molar-refractivity contribution is 7.98. The minimum Gasteiger partial charge on any atom is -0.387 e. The van der Waals surface area contributed by atoms with Crippen LogP contribution in [0.4, 0.5) is 0 Å². The van der Waals surface area contributed by atoms with Crippen molar-refractivity contribution in [3.8, 4) is 0 Å². The molecule has 0 saturated heterocycles. The maximum Gasteiger partial charge on any atom is 0.236 e. The first-order valence-corrected chi connectivity index (χ1v) is 5.53. The highest BCUT2D eigenvalue weighted by atomic mass is 32.2. The number of amides is 1. The summed E-state index contributed by atoms with van der Waals surface area (Å²) in [4.78, 5) is 11.0. The lowest BCUT2D eigenvalue weighted by molar-refractivity contribution is -0.122. The third-order valence-corrected chi connectivity index (χ3v) is 2.42. The fourth-order valence-corrected chi connectivity index (χ4v) is 1.52. The number of rotatable bonds is 5. The molecule has 2 unspecified atom stereocenters. The predicted molar refractivity (Wildman–Crippen MR) is 55.7 cm³/mol. The monoisotopic (exact) mass is 206 g/mol. The number of carbonyl (C=O) groups is 1. The molecule has 0 spiro atoms. The molecule has 0 aromatic heterocycles. The molecule has 0 fully saturated rings. The lowest BCUT2D eigenvalue weighted by Gasteiger charge is -2.22. The first-order valence-electron chi connectivity index (χ1n) is 4.13. The summed E-state index contributed by atoms with van der Waals surface area (Å²) < 4.78 is 0. The third kappa shape index (κ3) is 5.90. The van der Waals surface area contributed by atoms with Crippen LogP contribution in [0.25, 0.3) is 0 Å². The third-order valence-electron chi connectivity index (χ3n) is 1.51. The van der Waals surface area contributed by atoms with Crippen molar-refractivity contribution < 1.29 is 9.90 Å². The van der Waals surface area contributed by atoms with Gasteiger partial charge in [0.2, 0.25) is 5.91 Å². The first kappa shape index (κ1) is 12.7. The van der Waals surface area contributed by atoms with Gasteiger partial charge in [-0.1, -0.05) is 0 Å². The van der Waals surface area contributed by atoms with Crippen LogP contribution in [0.1, 0.15) is 13.8 Å². The molecule has 0 aromatic carbocycles. The zero-order chi connectivity index (χ0) is 10.5. The number of carbonyl (C=O) groups excluding carboxylic acids is 1. The summed E-state index contributed by atoms with van der Waals surface area (Å²) in [7, 11) is 0. The summed E-state index contributed by atoms with van der Waals surface area (Å²) in [5, 5.41) is 12.2. The minimum absolute atomic E-state index is 0.235. The van der Waals surface area contributed by atoms with E-state index in [0.29, 0.717) is 5.75 Å². The zero-order valence-electron chi connectivity index (χ0n) is 8.33. The molecule has 0 aromatic rings. The molecular weight excluding hydrogens is 188 g/mol. The number of hydrogen-bond donors (Lipinski definition) is 3. The Morgan fingerprint density at radius 3 is 2.69 bits per heavy atom. The molecule has 1 amide bonds. The second-order valence-corrected chi connectivity index (χ2v) is 4.30. The van der Waals surface area contributed by atoms with Crippen LogP contribution in [0.3, 0.4) is 0 Å². The van der Waals surface area contributed by atoms with Crippen LogP contribution in [-0.4, -0.2) is 41.2 Å². The molecule has 0 rings (SSSR count). The fourth-order valence-electron chi connectivity index (χ4n) is 0.801. The second kappa shape index (κ2) is 5.47. The van der Waals surface area contributed by atoms with E-state index in [1.165, 1.54) is 11.8 Å². The Kier molecular flexibility index (Phi) is 5.36. The summed E-state index contributed by atoms with van der Waals surface area (Å²) in [5.74, 6) is 0.355. The lowest BCUT2D eigenvalue weighted by atomic mass is 10.1. The normalized spacial score (nSPS) is 17.6. The van der Waals surface area contributed by atoms with E-state index >= 15 is 0 Å². The topological polar surface area (TPSA) is 75.3 Å². The van der Waals surface area contributed by atoms with Crippen molar-refractivity contribution in [1.29, 1.82) is 0 Å². The van der Waals surface area contributed by atoms with Gasteiger partial charge < -0.3 is 16.2 Å². The van der Waals surface area contributed by atoms with E-state index in [2.05, 4.69) is 5.32 Å². The van der Waals surface area contributed by atoms with Crippen LogP contribution in [-0.2, 0) is 4.79 Å². The molecule has 0 bridgehead atoms. The van der Waals surface area contributed by atoms with E-state index in [0.717, 1.165) is 0 Å². The van der Waals surface area contributed by atoms with Crippen molar-refractivity contribution in [2.75, 3.05) is 18.6 Å². The lowest BCUT2D eigenvalue weighted by Crippen LogP contribution is -2.47. The van der Waals surface area contributed by atoms with Gasteiger partial charge in [0.25, 0.3) is 0 Å². The minimum atomic E-state index is -0.857. The average Bonchev–Trinajstić information content (AvgIpc) is 2.00. The fraction of sp³-hybridized carbons (Fsp3) is 0.875. The molecule has 0 aliphatic rings. The van der Waals surface area contributed by atoms with Crippen molar-refractivity contribution in [3.63, 3.8) is 0 Å². The molecule has 0 saturated carbocycles. The number of hydrogen-bond acceptors (Lipinski definition) is 4. The number of nitrogens with two attached hydrogens (primary N) is 1. The van der Waals surface area contributed by atoms with Crippen molar-refractivity contribution in [2.45, 2.75) is 25.5 Å². The van der Waals surface area contributed by atoms with Gasteiger partial charge in [0.1, 0.15) is 0 Å². The maximum absolute atomic E-state index is 11.0. The van der Waals surface area contributed by atoms with E-state index < -0.39 is 11.6 Å². The van der Waals surface area contributed by atoms with E-state index in [4.69, 9.17) is 5.73 Å². The highest BCUT2D eigenvalue weighted by Gasteiger charge is 2.20. The predicted octanol–water partition coefficient (Wildman–Crippen LogP) is -0.436. The summed E-state index contributed by atoms with van der Waals surface area (Å²) in [5.41, 5.74) is 4.48. The molecule has 4 nitrogen and oxygen atoms in total. The largest absolute Gasteiger partial charge is 0.387 e. The van der Waals surface area contributed by atoms with Gasteiger partial charge in [0, 0.05) is 12.3 Å². The first-order chi connectivity index (χ1) is 5.89. The molecular formula is C8H18N2O2S. The maximum atomic E-state index is 11.0. The van der Waals surface area contributed by atoms with Crippen LogP contribution >= 0.6 is 11.8 Å². The SMILES string of the molecule is CSCC(C)(O)CNC(=O)C(C)N. The van der Waals surface area contributed by atoms with Gasteiger partial charge in [0.15, 0.2) is 0 Å². The molecule has 4 N–H and O–H groups in total. The van der Waals surface area contributed by atoms with E-state index in [-0.39, 0.29) is 12.5 Å². The van der Waals surface area contributed by atoms with E-state index in [1.807, 2.05) is 6.26 Å². The molecule has 2 atom stereocenters. The Bertz CT molecular complexity index is 172. The Morgan fingerprint density at radius 2 is 2.31 bits per heavy atom. The van der Waals surface area contributed by atoms with Gasteiger partial charge in [-0.2, -0.15) is 11.8 Å². The Morgan fingerprint density at radius 1 is 1.77 bits per heavy atom. The zero-order valence-corrected chi connectivity index (χ0v) is 9.15. The number of nitrogens with one attached hydrogen (secondary N) is 1. The molecule has 0 aliphatic heterocycles. The smallest absolute Gasteiger partial charge is 0.236 e. The Labute approximate surface area is 83.3 Å². The molecule has 0 heterocycles. The number of thioether (sulfide) groups is 1. The van der Waals surface area contributed by atoms with E-state index in [1.54, 1.807) is 13.8 Å². The van der Waals surface area contributed by atoms with Gasteiger partial charge in [-0.3, -0.25) is 4.79 Å². The van der Waals surface area contributed by atoms with Crippen LogP contribution in [0, 0.1) is 0 Å². The standard InChI is InChI=1S/C8H18N2O2S/c1-6(9)7(11)10-4-8(2,12)5-13-3/h6,12H,4-5,9H2,1-3H3,(H,10,11). The van der Waals surface area contributed by atoms with Crippen molar-refractivity contribution in [1.82, 2.24) is 5.32 Å². The highest BCUT2D eigenvalue weighted by Crippen LogP contribution is 2.08.